The third-order valence-corrected chi connectivity index (χ3v) is 2.08. The number of nitrogens with one attached hydrogen (secondary N) is 1. The highest BCUT2D eigenvalue weighted by molar-refractivity contribution is 5.53. The second-order valence-electron chi connectivity index (χ2n) is 3.20. The summed E-state index contributed by atoms with van der Waals surface area (Å²) in [6.07, 6.45) is 0. The summed E-state index contributed by atoms with van der Waals surface area (Å²) in [7, 11) is 0. The summed E-state index contributed by atoms with van der Waals surface area (Å²) >= 11 is 0. The molecule has 0 amide bonds. The Bertz CT molecular complexity index is 426. The van der Waals surface area contributed by atoms with Crippen molar-refractivity contribution in [2.24, 2.45) is 5.73 Å². The van der Waals surface area contributed by atoms with Crippen LogP contribution in [0.1, 0.15) is 11.9 Å². The Morgan fingerprint density at radius 3 is 2.73 bits per heavy atom. The van der Waals surface area contributed by atoms with E-state index in [9.17, 15) is 0 Å². The van der Waals surface area contributed by atoms with Gasteiger partial charge < -0.3 is 10.8 Å². The van der Waals surface area contributed by atoms with Crippen LogP contribution in [0.25, 0.3) is 11.4 Å². The zero-order valence-corrected chi connectivity index (χ0v) is 8.09. The van der Waals surface area contributed by atoms with Gasteiger partial charge in [0, 0.05) is 5.56 Å². The smallest absolute Gasteiger partial charge is 0.181 e. The van der Waals surface area contributed by atoms with Crippen molar-refractivity contribution in [2.75, 3.05) is 6.61 Å². The molecular weight excluding hydrogens is 192 g/mol. The summed E-state index contributed by atoms with van der Waals surface area (Å²) < 4.78 is 0. The standard InChI is InChI=1S/C10H12N4O/c11-8(6-15)10-12-9(13-14-10)7-4-2-1-3-5-7/h1-5,8,15H,6,11H2,(H,12,13,14)/t8-/m0/s1. The highest BCUT2D eigenvalue weighted by atomic mass is 16.3. The Morgan fingerprint density at radius 1 is 1.33 bits per heavy atom. The minimum absolute atomic E-state index is 0.149. The summed E-state index contributed by atoms with van der Waals surface area (Å²) in [5, 5.41) is 15.6. The lowest BCUT2D eigenvalue weighted by molar-refractivity contribution is 0.263. The Labute approximate surface area is 87.0 Å². The van der Waals surface area contributed by atoms with E-state index in [4.69, 9.17) is 10.8 Å². The largest absolute Gasteiger partial charge is 0.394 e. The molecule has 2 rings (SSSR count). The topological polar surface area (TPSA) is 87.8 Å². The number of aromatic amines is 1. The highest BCUT2D eigenvalue weighted by Gasteiger charge is 2.10. The molecule has 0 aliphatic heterocycles. The molecule has 0 bridgehead atoms. The molecule has 1 heterocycles. The van der Waals surface area contributed by atoms with Gasteiger partial charge in [-0.05, 0) is 0 Å². The SMILES string of the molecule is N[C@@H](CO)c1nc(-c2ccccc2)n[nH]1. The van der Waals surface area contributed by atoms with Gasteiger partial charge >= 0.3 is 0 Å². The Morgan fingerprint density at radius 2 is 2.07 bits per heavy atom. The van der Waals surface area contributed by atoms with E-state index < -0.39 is 6.04 Å². The zero-order chi connectivity index (χ0) is 10.7. The van der Waals surface area contributed by atoms with Crippen LogP contribution in [0.3, 0.4) is 0 Å². The number of H-pyrrole nitrogens is 1. The van der Waals surface area contributed by atoms with Gasteiger partial charge in [0.05, 0.1) is 12.6 Å². The average molecular weight is 204 g/mol. The first kappa shape index (κ1) is 9.82. The Hall–Kier alpha value is -1.72. The predicted octanol–water partition coefficient (Wildman–Crippen LogP) is 0.464. The molecule has 0 aliphatic carbocycles. The van der Waals surface area contributed by atoms with Crippen molar-refractivity contribution >= 4 is 0 Å². The molecule has 5 nitrogen and oxygen atoms in total. The number of nitrogens with two attached hydrogens (primary N) is 1. The number of aliphatic hydroxyl groups is 1. The summed E-state index contributed by atoms with van der Waals surface area (Å²) in [5.41, 5.74) is 6.52. The first-order valence-electron chi connectivity index (χ1n) is 4.65. The molecule has 1 aromatic heterocycles. The normalized spacial score (nSPS) is 12.7. The van der Waals surface area contributed by atoms with Gasteiger partial charge in [-0.3, -0.25) is 5.10 Å². The van der Waals surface area contributed by atoms with Crippen molar-refractivity contribution < 1.29 is 5.11 Å². The monoisotopic (exact) mass is 204 g/mol. The maximum atomic E-state index is 8.86. The maximum Gasteiger partial charge on any atom is 0.181 e. The summed E-state index contributed by atoms with van der Waals surface area (Å²) in [4.78, 5) is 4.20. The molecule has 4 N–H and O–H groups in total. The number of rotatable bonds is 3. The molecular formula is C10H12N4O. The molecule has 0 fully saturated rings. The third-order valence-electron chi connectivity index (χ3n) is 2.08. The molecule has 15 heavy (non-hydrogen) atoms. The summed E-state index contributed by atoms with van der Waals surface area (Å²) in [6, 6.07) is 9.08. The number of aliphatic hydroxyl groups excluding tert-OH is 1. The van der Waals surface area contributed by atoms with Crippen LogP contribution in [0.2, 0.25) is 0 Å². The van der Waals surface area contributed by atoms with E-state index in [1.54, 1.807) is 0 Å². The van der Waals surface area contributed by atoms with Gasteiger partial charge in [-0.15, -0.1) is 0 Å². The molecule has 2 aromatic rings. The Kier molecular flexibility index (Phi) is 2.75. The quantitative estimate of drug-likeness (QED) is 0.678. The van der Waals surface area contributed by atoms with Crippen LogP contribution in [-0.2, 0) is 0 Å². The van der Waals surface area contributed by atoms with Crippen molar-refractivity contribution in [3.05, 3.63) is 36.2 Å². The summed E-state index contributed by atoms with van der Waals surface area (Å²) in [5.74, 6) is 1.09. The second-order valence-corrected chi connectivity index (χ2v) is 3.20. The predicted molar refractivity (Wildman–Crippen MR) is 55.8 cm³/mol. The lowest BCUT2D eigenvalue weighted by Crippen LogP contribution is -2.16. The van der Waals surface area contributed by atoms with Crippen LogP contribution in [0.15, 0.2) is 30.3 Å². The van der Waals surface area contributed by atoms with E-state index >= 15 is 0 Å². The fourth-order valence-electron chi connectivity index (χ4n) is 1.24. The van der Waals surface area contributed by atoms with Crippen molar-refractivity contribution in [3.8, 4) is 11.4 Å². The van der Waals surface area contributed by atoms with E-state index in [2.05, 4.69) is 15.2 Å². The maximum absolute atomic E-state index is 8.86. The number of benzene rings is 1. The van der Waals surface area contributed by atoms with E-state index in [0.29, 0.717) is 11.6 Å². The molecule has 1 atom stereocenters. The molecule has 78 valence electrons. The van der Waals surface area contributed by atoms with Crippen molar-refractivity contribution in [3.63, 3.8) is 0 Å². The molecule has 0 unspecified atom stereocenters. The lowest BCUT2D eigenvalue weighted by Gasteiger charge is -2.00. The van der Waals surface area contributed by atoms with Gasteiger partial charge in [0.15, 0.2) is 5.82 Å². The highest BCUT2D eigenvalue weighted by Crippen LogP contribution is 2.14. The van der Waals surface area contributed by atoms with Gasteiger partial charge in [0.1, 0.15) is 5.82 Å². The number of hydrogen-bond acceptors (Lipinski definition) is 4. The van der Waals surface area contributed by atoms with Crippen molar-refractivity contribution in [2.45, 2.75) is 6.04 Å². The van der Waals surface area contributed by atoms with Crippen LogP contribution < -0.4 is 5.73 Å². The Balaban J connectivity index is 2.28. The van der Waals surface area contributed by atoms with Gasteiger partial charge in [-0.1, -0.05) is 30.3 Å². The molecule has 0 saturated carbocycles. The van der Waals surface area contributed by atoms with Crippen molar-refractivity contribution in [1.82, 2.24) is 15.2 Å². The molecule has 0 aliphatic rings. The van der Waals surface area contributed by atoms with E-state index in [-0.39, 0.29) is 6.61 Å². The van der Waals surface area contributed by atoms with Gasteiger partial charge in [0.25, 0.3) is 0 Å². The fraction of sp³-hybridized carbons (Fsp3) is 0.200. The van der Waals surface area contributed by atoms with E-state index in [0.717, 1.165) is 5.56 Å². The minimum atomic E-state index is -0.505. The van der Waals surface area contributed by atoms with Crippen molar-refractivity contribution in [1.29, 1.82) is 0 Å². The molecule has 5 heteroatoms. The molecule has 0 radical (unpaired) electrons. The third kappa shape index (κ3) is 2.03. The van der Waals surface area contributed by atoms with Crippen LogP contribution in [-0.4, -0.2) is 26.9 Å². The van der Waals surface area contributed by atoms with Crippen LogP contribution in [0.5, 0.6) is 0 Å². The summed E-state index contributed by atoms with van der Waals surface area (Å²) in [6.45, 7) is -0.149. The minimum Gasteiger partial charge on any atom is -0.394 e. The molecule has 0 saturated heterocycles. The van der Waals surface area contributed by atoms with Crippen LogP contribution >= 0.6 is 0 Å². The fourth-order valence-corrected chi connectivity index (χ4v) is 1.24. The first-order chi connectivity index (χ1) is 7.31. The number of nitrogens with zero attached hydrogens (tertiary/aromatic N) is 2. The average Bonchev–Trinajstić information content (AvgIpc) is 2.78. The van der Waals surface area contributed by atoms with Crippen LogP contribution in [0.4, 0.5) is 0 Å². The lowest BCUT2D eigenvalue weighted by atomic mass is 10.2. The second kappa shape index (κ2) is 4.20. The van der Waals surface area contributed by atoms with E-state index in [1.807, 2.05) is 30.3 Å². The number of hydrogen-bond donors (Lipinski definition) is 3. The molecule has 0 spiro atoms. The van der Waals surface area contributed by atoms with Gasteiger partial charge in [0.2, 0.25) is 0 Å². The van der Waals surface area contributed by atoms with Gasteiger partial charge in [-0.2, -0.15) is 5.10 Å². The zero-order valence-electron chi connectivity index (χ0n) is 8.09. The van der Waals surface area contributed by atoms with E-state index in [1.165, 1.54) is 0 Å². The first-order valence-corrected chi connectivity index (χ1v) is 4.65. The van der Waals surface area contributed by atoms with Crippen LogP contribution in [0, 0.1) is 0 Å². The number of aromatic nitrogens is 3. The van der Waals surface area contributed by atoms with Gasteiger partial charge in [-0.25, -0.2) is 4.98 Å². The molecule has 1 aromatic carbocycles.